The van der Waals surface area contributed by atoms with Crippen molar-refractivity contribution in [1.82, 2.24) is 15.4 Å². The molecule has 162 valence electrons. The van der Waals surface area contributed by atoms with E-state index in [0.717, 1.165) is 12.1 Å². The fourth-order valence-corrected chi connectivity index (χ4v) is 3.40. The van der Waals surface area contributed by atoms with E-state index in [1.807, 2.05) is 0 Å². The molecule has 0 aliphatic heterocycles. The molecule has 0 atom stereocenters. The van der Waals surface area contributed by atoms with E-state index in [0.29, 0.717) is 11.8 Å². The molecule has 2 aromatic carbocycles. The zero-order valence-electron chi connectivity index (χ0n) is 16.1. The number of sulfonamides is 1. The standard InChI is InChI=1S/C19H21F2N3O5S/c1-29-14-3-5-15(6-4-14)30(27,28)24-11-10-22-18(25)8-9-23-19(26)16-7-2-13(20)12-17(16)21/h2-7,12,24H,8-11H2,1H3,(H,22,25)(H,23,26). The van der Waals surface area contributed by atoms with Crippen LogP contribution in [0.25, 0.3) is 0 Å². The summed E-state index contributed by atoms with van der Waals surface area (Å²) in [6.45, 7) is -0.0684. The van der Waals surface area contributed by atoms with Gasteiger partial charge in [-0.1, -0.05) is 0 Å². The number of methoxy groups -OCH3 is 1. The van der Waals surface area contributed by atoms with Gasteiger partial charge >= 0.3 is 0 Å². The Kier molecular flexibility index (Phi) is 8.25. The van der Waals surface area contributed by atoms with E-state index in [1.54, 1.807) is 0 Å². The van der Waals surface area contributed by atoms with Gasteiger partial charge in [-0.2, -0.15) is 0 Å². The van der Waals surface area contributed by atoms with Gasteiger partial charge in [-0.15, -0.1) is 0 Å². The molecule has 0 heterocycles. The van der Waals surface area contributed by atoms with Crippen LogP contribution in [0.5, 0.6) is 5.75 Å². The average Bonchev–Trinajstić information content (AvgIpc) is 2.71. The van der Waals surface area contributed by atoms with Crippen LogP contribution in [0.4, 0.5) is 8.78 Å². The highest BCUT2D eigenvalue weighted by atomic mass is 32.2. The lowest BCUT2D eigenvalue weighted by molar-refractivity contribution is -0.120. The van der Waals surface area contributed by atoms with E-state index in [9.17, 15) is 26.8 Å². The second kappa shape index (κ2) is 10.6. The molecule has 0 fully saturated rings. The highest BCUT2D eigenvalue weighted by molar-refractivity contribution is 7.89. The minimum absolute atomic E-state index is 0.0345. The van der Waals surface area contributed by atoms with Gasteiger partial charge in [0.2, 0.25) is 15.9 Å². The van der Waals surface area contributed by atoms with E-state index in [-0.39, 0.29) is 36.5 Å². The normalized spacial score (nSPS) is 11.0. The largest absolute Gasteiger partial charge is 0.497 e. The number of amides is 2. The van der Waals surface area contributed by atoms with Gasteiger partial charge < -0.3 is 15.4 Å². The molecule has 2 rings (SSSR count). The Morgan fingerprint density at radius 2 is 1.67 bits per heavy atom. The van der Waals surface area contributed by atoms with Gasteiger partial charge in [-0.25, -0.2) is 21.9 Å². The van der Waals surface area contributed by atoms with Gasteiger partial charge in [-0.05, 0) is 36.4 Å². The lowest BCUT2D eigenvalue weighted by Gasteiger charge is -2.09. The first-order chi connectivity index (χ1) is 14.2. The summed E-state index contributed by atoms with van der Waals surface area (Å²) < 4.78 is 57.9. The Bertz CT molecular complexity index is 998. The van der Waals surface area contributed by atoms with Crippen LogP contribution in [0.15, 0.2) is 47.4 Å². The number of halogens is 2. The Balaban J connectivity index is 1.69. The highest BCUT2D eigenvalue weighted by Gasteiger charge is 2.14. The first-order valence-corrected chi connectivity index (χ1v) is 10.3. The van der Waals surface area contributed by atoms with E-state index < -0.39 is 33.5 Å². The van der Waals surface area contributed by atoms with Crippen LogP contribution >= 0.6 is 0 Å². The molecule has 0 radical (unpaired) electrons. The fraction of sp³-hybridized carbons (Fsp3) is 0.263. The third-order valence-corrected chi connectivity index (χ3v) is 5.40. The summed E-state index contributed by atoms with van der Waals surface area (Å²) in [5, 5.41) is 4.85. The molecular weight excluding hydrogens is 420 g/mol. The number of carbonyl (C=O) groups excluding carboxylic acids is 2. The first kappa shape index (κ1) is 23.2. The molecule has 0 saturated heterocycles. The van der Waals surface area contributed by atoms with Gasteiger partial charge in [0.15, 0.2) is 0 Å². The van der Waals surface area contributed by atoms with Gasteiger partial charge in [0.1, 0.15) is 17.4 Å². The van der Waals surface area contributed by atoms with Crippen LogP contribution in [0.1, 0.15) is 16.8 Å². The van der Waals surface area contributed by atoms with Crippen molar-refractivity contribution in [2.24, 2.45) is 0 Å². The Morgan fingerprint density at radius 1 is 0.967 bits per heavy atom. The third kappa shape index (κ3) is 6.78. The summed E-state index contributed by atoms with van der Waals surface area (Å²) in [6, 6.07) is 8.38. The van der Waals surface area contributed by atoms with Crippen LogP contribution in [0.3, 0.4) is 0 Å². The number of ether oxygens (including phenoxy) is 1. The predicted octanol–water partition coefficient (Wildman–Crippen LogP) is 1.19. The SMILES string of the molecule is COc1ccc(S(=O)(=O)NCCNC(=O)CCNC(=O)c2ccc(F)cc2F)cc1. The zero-order valence-corrected chi connectivity index (χ0v) is 16.9. The summed E-state index contributed by atoms with van der Waals surface area (Å²) in [5.41, 5.74) is -0.329. The van der Waals surface area contributed by atoms with Crippen molar-refractivity contribution in [3.63, 3.8) is 0 Å². The first-order valence-electron chi connectivity index (χ1n) is 8.86. The zero-order chi connectivity index (χ0) is 22.1. The van der Waals surface area contributed by atoms with Crippen molar-refractivity contribution in [1.29, 1.82) is 0 Å². The summed E-state index contributed by atoms with van der Waals surface area (Å²) >= 11 is 0. The van der Waals surface area contributed by atoms with Crippen molar-refractivity contribution >= 4 is 21.8 Å². The van der Waals surface area contributed by atoms with Crippen LogP contribution in [0, 0.1) is 11.6 Å². The van der Waals surface area contributed by atoms with Gasteiger partial charge in [0.05, 0.1) is 17.6 Å². The molecule has 30 heavy (non-hydrogen) atoms. The number of carbonyl (C=O) groups is 2. The molecule has 0 aliphatic carbocycles. The average molecular weight is 441 g/mol. The van der Waals surface area contributed by atoms with Crippen molar-refractivity contribution < 1.29 is 31.5 Å². The quantitative estimate of drug-likeness (QED) is 0.480. The lowest BCUT2D eigenvalue weighted by Crippen LogP contribution is -2.36. The lowest BCUT2D eigenvalue weighted by atomic mass is 10.2. The number of rotatable bonds is 10. The predicted molar refractivity (Wildman–Crippen MR) is 105 cm³/mol. The Labute approximate surface area is 172 Å². The van der Waals surface area contributed by atoms with E-state index >= 15 is 0 Å². The van der Waals surface area contributed by atoms with Crippen molar-refractivity contribution in [3.8, 4) is 5.75 Å². The molecule has 11 heteroatoms. The molecule has 0 aromatic heterocycles. The van der Waals surface area contributed by atoms with E-state index in [1.165, 1.54) is 31.4 Å². The molecule has 2 aromatic rings. The maximum Gasteiger partial charge on any atom is 0.254 e. The van der Waals surface area contributed by atoms with Gasteiger partial charge in [0, 0.05) is 32.1 Å². The molecule has 0 unspecified atom stereocenters. The van der Waals surface area contributed by atoms with Crippen molar-refractivity contribution in [3.05, 3.63) is 59.7 Å². The molecule has 3 N–H and O–H groups in total. The number of nitrogens with one attached hydrogen (secondary N) is 3. The summed E-state index contributed by atoms with van der Waals surface area (Å²) in [4.78, 5) is 23.6. The third-order valence-electron chi connectivity index (χ3n) is 3.92. The van der Waals surface area contributed by atoms with Crippen LogP contribution in [-0.2, 0) is 14.8 Å². The van der Waals surface area contributed by atoms with Gasteiger partial charge in [0.25, 0.3) is 5.91 Å². The number of hydrogen-bond donors (Lipinski definition) is 3. The maximum absolute atomic E-state index is 13.5. The Hall–Kier alpha value is -3.05. The van der Waals surface area contributed by atoms with Crippen LogP contribution in [-0.4, -0.2) is 47.0 Å². The van der Waals surface area contributed by atoms with Crippen molar-refractivity contribution in [2.75, 3.05) is 26.7 Å². The molecule has 2 amide bonds. The number of benzene rings is 2. The smallest absolute Gasteiger partial charge is 0.254 e. The molecule has 8 nitrogen and oxygen atoms in total. The summed E-state index contributed by atoms with van der Waals surface area (Å²) in [6.07, 6.45) is -0.0974. The van der Waals surface area contributed by atoms with Crippen molar-refractivity contribution in [2.45, 2.75) is 11.3 Å². The molecule has 0 bridgehead atoms. The van der Waals surface area contributed by atoms with E-state index in [2.05, 4.69) is 15.4 Å². The molecule has 0 aliphatic rings. The topological polar surface area (TPSA) is 114 Å². The van der Waals surface area contributed by atoms with Crippen LogP contribution in [0.2, 0.25) is 0 Å². The van der Waals surface area contributed by atoms with Crippen LogP contribution < -0.4 is 20.1 Å². The summed E-state index contributed by atoms with van der Waals surface area (Å²) in [5.74, 6) is -2.48. The highest BCUT2D eigenvalue weighted by Crippen LogP contribution is 2.15. The fourth-order valence-electron chi connectivity index (χ4n) is 2.37. The monoisotopic (exact) mass is 441 g/mol. The minimum Gasteiger partial charge on any atom is -0.497 e. The maximum atomic E-state index is 13.5. The second-order valence-electron chi connectivity index (χ2n) is 6.05. The molecule has 0 spiro atoms. The number of hydrogen-bond acceptors (Lipinski definition) is 5. The van der Waals surface area contributed by atoms with E-state index in [4.69, 9.17) is 4.74 Å². The second-order valence-corrected chi connectivity index (χ2v) is 7.82. The minimum atomic E-state index is -3.73. The Morgan fingerprint density at radius 3 is 2.30 bits per heavy atom. The molecule has 0 saturated carbocycles. The van der Waals surface area contributed by atoms with Gasteiger partial charge in [-0.3, -0.25) is 9.59 Å². The summed E-state index contributed by atoms with van der Waals surface area (Å²) in [7, 11) is -2.26. The molecular formula is C19H21F2N3O5S.